The molecule has 0 amide bonds. The Bertz CT molecular complexity index is 1280. The van der Waals surface area contributed by atoms with Gasteiger partial charge in [0.15, 0.2) is 18.3 Å². The molecule has 0 atom stereocenters. The van der Waals surface area contributed by atoms with Crippen LogP contribution in [0.2, 0.25) is 0 Å². The number of aryl methyl sites for hydroxylation is 1. The molecule has 0 aliphatic carbocycles. The molecule has 0 N–H and O–H groups in total. The summed E-state index contributed by atoms with van der Waals surface area (Å²) in [5, 5.41) is 8.61. The van der Waals surface area contributed by atoms with Gasteiger partial charge in [-0.1, -0.05) is 17.3 Å². The fourth-order valence-electron chi connectivity index (χ4n) is 2.91. The summed E-state index contributed by atoms with van der Waals surface area (Å²) in [5.41, 5.74) is 1.80. The van der Waals surface area contributed by atoms with Crippen LogP contribution in [-0.2, 0) is 6.61 Å². The number of rotatable bonds is 6. The van der Waals surface area contributed by atoms with Gasteiger partial charge in [0.1, 0.15) is 11.5 Å². The molecule has 2 aromatic carbocycles. The number of hydrogen-bond acceptors (Lipinski definition) is 8. The summed E-state index contributed by atoms with van der Waals surface area (Å²) in [6.07, 6.45) is 0. The SMILES string of the molecule is Cc1noc(COc2ccc(Oc3nc(-c4ccsc4)nc4ccccc34)cc2)n1. The van der Waals surface area contributed by atoms with E-state index in [1.54, 1.807) is 18.3 Å². The maximum Gasteiger partial charge on any atom is 0.264 e. The van der Waals surface area contributed by atoms with Crippen LogP contribution in [-0.4, -0.2) is 20.1 Å². The first kappa shape index (κ1) is 18.3. The molecule has 3 heterocycles. The third-order valence-electron chi connectivity index (χ3n) is 4.32. The highest BCUT2D eigenvalue weighted by atomic mass is 32.1. The van der Waals surface area contributed by atoms with Crippen molar-refractivity contribution in [2.24, 2.45) is 0 Å². The first-order valence-corrected chi connectivity index (χ1v) is 10.2. The second-order valence-corrected chi connectivity index (χ2v) is 7.26. The first-order valence-electron chi connectivity index (χ1n) is 9.24. The summed E-state index contributed by atoms with van der Waals surface area (Å²) in [6.45, 7) is 1.97. The average Bonchev–Trinajstić information content (AvgIpc) is 3.45. The molecule has 0 bridgehead atoms. The number of para-hydroxylation sites is 1. The van der Waals surface area contributed by atoms with E-state index >= 15 is 0 Å². The zero-order valence-corrected chi connectivity index (χ0v) is 16.8. The van der Waals surface area contributed by atoms with E-state index in [0.717, 1.165) is 16.5 Å². The predicted octanol–water partition coefficient (Wildman–Crippen LogP) is 5.42. The Balaban J connectivity index is 1.38. The topological polar surface area (TPSA) is 83.2 Å². The van der Waals surface area contributed by atoms with Gasteiger partial charge >= 0.3 is 0 Å². The minimum absolute atomic E-state index is 0.210. The summed E-state index contributed by atoms with van der Waals surface area (Å²) in [5.74, 6) is 3.48. The molecule has 0 saturated carbocycles. The molecule has 3 aromatic heterocycles. The van der Waals surface area contributed by atoms with Gasteiger partial charge in [0, 0.05) is 10.9 Å². The summed E-state index contributed by atoms with van der Waals surface area (Å²) in [7, 11) is 0. The van der Waals surface area contributed by atoms with Gasteiger partial charge in [0.2, 0.25) is 5.88 Å². The molecule has 7 nitrogen and oxygen atoms in total. The minimum Gasteiger partial charge on any atom is -0.484 e. The van der Waals surface area contributed by atoms with Crippen LogP contribution in [0.15, 0.2) is 69.9 Å². The van der Waals surface area contributed by atoms with E-state index in [1.807, 2.05) is 65.4 Å². The van der Waals surface area contributed by atoms with Gasteiger partial charge in [0.05, 0.1) is 10.9 Å². The number of thiophene rings is 1. The standard InChI is InChI=1S/C22H16N4O3S/c1-14-23-20(29-26-14)12-27-16-6-8-17(9-7-16)28-22-18-4-2-3-5-19(18)24-21(25-22)15-10-11-30-13-15/h2-11,13H,12H2,1H3. The largest absolute Gasteiger partial charge is 0.484 e. The second kappa shape index (κ2) is 7.92. The van der Waals surface area contributed by atoms with Gasteiger partial charge in [0.25, 0.3) is 5.89 Å². The molecule has 30 heavy (non-hydrogen) atoms. The van der Waals surface area contributed by atoms with Gasteiger partial charge in [-0.05, 0) is 54.8 Å². The molecule has 0 unspecified atom stereocenters. The Labute approximate surface area is 176 Å². The normalized spacial score (nSPS) is 11.0. The van der Waals surface area contributed by atoms with Crippen LogP contribution in [0.4, 0.5) is 0 Å². The fraction of sp³-hybridized carbons (Fsp3) is 0.0909. The van der Waals surface area contributed by atoms with Crippen molar-refractivity contribution in [1.82, 2.24) is 20.1 Å². The third kappa shape index (κ3) is 3.85. The highest BCUT2D eigenvalue weighted by Crippen LogP contribution is 2.31. The Morgan fingerprint density at radius 2 is 1.77 bits per heavy atom. The van der Waals surface area contributed by atoms with E-state index in [2.05, 4.69) is 20.1 Å². The quantitative estimate of drug-likeness (QED) is 0.365. The maximum absolute atomic E-state index is 6.11. The van der Waals surface area contributed by atoms with Crippen LogP contribution >= 0.6 is 11.3 Å². The van der Waals surface area contributed by atoms with Gasteiger partial charge in [-0.15, -0.1) is 0 Å². The lowest BCUT2D eigenvalue weighted by molar-refractivity contribution is 0.242. The molecule has 148 valence electrons. The van der Waals surface area contributed by atoms with E-state index in [4.69, 9.17) is 14.0 Å². The van der Waals surface area contributed by atoms with Crippen LogP contribution in [0.1, 0.15) is 11.7 Å². The van der Waals surface area contributed by atoms with Crippen molar-refractivity contribution in [2.75, 3.05) is 0 Å². The van der Waals surface area contributed by atoms with E-state index in [9.17, 15) is 0 Å². The van der Waals surface area contributed by atoms with Crippen molar-refractivity contribution >= 4 is 22.2 Å². The smallest absolute Gasteiger partial charge is 0.264 e. The molecule has 8 heteroatoms. The minimum atomic E-state index is 0.210. The van der Waals surface area contributed by atoms with Crippen LogP contribution < -0.4 is 9.47 Å². The van der Waals surface area contributed by atoms with Gasteiger partial charge in [-0.2, -0.15) is 21.3 Å². The number of fused-ring (bicyclic) bond motifs is 1. The zero-order valence-electron chi connectivity index (χ0n) is 16.0. The molecule has 0 aliphatic rings. The van der Waals surface area contributed by atoms with Gasteiger partial charge in [-0.3, -0.25) is 0 Å². The molecule has 0 fully saturated rings. The van der Waals surface area contributed by atoms with Crippen molar-refractivity contribution in [2.45, 2.75) is 13.5 Å². The number of benzene rings is 2. The van der Waals surface area contributed by atoms with Crippen LogP contribution in [0.25, 0.3) is 22.3 Å². The Hall–Kier alpha value is -3.78. The van der Waals surface area contributed by atoms with Crippen LogP contribution in [0, 0.1) is 6.92 Å². The summed E-state index contributed by atoms with van der Waals surface area (Å²) in [4.78, 5) is 13.4. The van der Waals surface area contributed by atoms with Crippen molar-refractivity contribution < 1.29 is 14.0 Å². The van der Waals surface area contributed by atoms with Crippen LogP contribution in [0.3, 0.4) is 0 Å². The Morgan fingerprint density at radius 3 is 2.53 bits per heavy atom. The predicted molar refractivity (Wildman–Crippen MR) is 113 cm³/mol. The Kier molecular flexibility index (Phi) is 4.82. The highest BCUT2D eigenvalue weighted by molar-refractivity contribution is 7.08. The molecule has 0 saturated heterocycles. The van der Waals surface area contributed by atoms with E-state index in [0.29, 0.717) is 34.9 Å². The number of aromatic nitrogens is 4. The molecular weight excluding hydrogens is 400 g/mol. The van der Waals surface area contributed by atoms with Gasteiger partial charge < -0.3 is 14.0 Å². The fourth-order valence-corrected chi connectivity index (χ4v) is 3.54. The molecule has 0 aliphatic heterocycles. The number of nitrogens with zero attached hydrogens (tertiary/aromatic N) is 4. The van der Waals surface area contributed by atoms with E-state index < -0.39 is 0 Å². The number of ether oxygens (including phenoxy) is 2. The lowest BCUT2D eigenvalue weighted by Gasteiger charge is -2.10. The van der Waals surface area contributed by atoms with Crippen molar-refractivity contribution in [3.05, 3.63) is 77.1 Å². The lowest BCUT2D eigenvalue weighted by Crippen LogP contribution is -1.97. The third-order valence-corrected chi connectivity index (χ3v) is 5.00. The van der Waals surface area contributed by atoms with E-state index in [-0.39, 0.29) is 6.61 Å². The van der Waals surface area contributed by atoms with Crippen molar-refractivity contribution in [1.29, 1.82) is 0 Å². The molecule has 5 aromatic rings. The van der Waals surface area contributed by atoms with Crippen molar-refractivity contribution in [3.63, 3.8) is 0 Å². The molecular formula is C22H16N4O3S. The average molecular weight is 416 g/mol. The van der Waals surface area contributed by atoms with E-state index in [1.165, 1.54) is 0 Å². The zero-order chi connectivity index (χ0) is 20.3. The monoisotopic (exact) mass is 416 g/mol. The lowest BCUT2D eigenvalue weighted by atomic mass is 10.2. The number of hydrogen-bond donors (Lipinski definition) is 0. The molecule has 0 spiro atoms. The Morgan fingerprint density at radius 1 is 0.933 bits per heavy atom. The summed E-state index contributed by atoms with van der Waals surface area (Å²) in [6, 6.07) is 17.1. The second-order valence-electron chi connectivity index (χ2n) is 6.48. The molecule has 0 radical (unpaired) electrons. The molecule has 5 rings (SSSR count). The maximum atomic E-state index is 6.11. The van der Waals surface area contributed by atoms with Gasteiger partial charge in [-0.25, -0.2) is 4.98 Å². The van der Waals surface area contributed by atoms with Crippen LogP contribution in [0.5, 0.6) is 17.4 Å². The van der Waals surface area contributed by atoms with Crippen molar-refractivity contribution in [3.8, 4) is 28.8 Å². The highest BCUT2D eigenvalue weighted by Gasteiger charge is 2.12. The first-order chi connectivity index (χ1) is 14.7. The summed E-state index contributed by atoms with van der Waals surface area (Å²) < 4.78 is 16.8. The summed E-state index contributed by atoms with van der Waals surface area (Å²) >= 11 is 1.61.